The fourth-order valence-corrected chi connectivity index (χ4v) is 2.77. The van der Waals surface area contributed by atoms with Crippen molar-refractivity contribution < 1.29 is 9.84 Å². The standard InChI is InChI=1S/C17H34O2/c1-3-5-7-8-10-11-15(18)13-14-17-16(19-17)12-9-6-4-2/h15-18H,3-14H2,1-2H3. The Bertz CT molecular complexity index is 205. The summed E-state index contributed by atoms with van der Waals surface area (Å²) in [4.78, 5) is 0. The predicted octanol–water partition coefficient (Wildman–Crippen LogP) is 4.84. The van der Waals surface area contributed by atoms with Crippen LogP contribution in [0.2, 0.25) is 0 Å². The minimum absolute atomic E-state index is 0.0953. The summed E-state index contributed by atoms with van der Waals surface area (Å²) >= 11 is 0. The molecular formula is C17H34O2. The molecule has 1 fully saturated rings. The highest BCUT2D eigenvalue weighted by molar-refractivity contribution is 4.85. The third kappa shape index (κ3) is 8.65. The maximum Gasteiger partial charge on any atom is 0.0842 e. The molecule has 114 valence electrons. The molecule has 0 radical (unpaired) electrons. The van der Waals surface area contributed by atoms with Crippen LogP contribution in [0, 0.1) is 0 Å². The van der Waals surface area contributed by atoms with Gasteiger partial charge >= 0.3 is 0 Å². The summed E-state index contributed by atoms with van der Waals surface area (Å²) in [6.45, 7) is 4.48. The van der Waals surface area contributed by atoms with E-state index in [0.29, 0.717) is 12.2 Å². The number of hydrogen-bond donors (Lipinski definition) is 1. The van der Waals surface area contributed by atoms with Crippen LogP contribution < -0.4 is 0 Å². The average Bonchev–Trinajstić information content (AvgIpc) is 3.15. The molecule has 3 unspecified atom stereocenters. The van der Waals surface area contributed by atoms with Crippen molar-refractivity contribution in [2.24, 2.45) is 0 Å². The molecule has 1 aliphatic heterocycles. The summed E-state index contributed by atoms with van der Waals surface area (Å²) in [5.41, 5.74) is 0. The van der Waals surface area contributed by atoms with E-state index in [0.717, 1.165) is 19.3 Å². The van der Waals surface area contributed by atoms with Gasteiger partial charge in [0.2, 0.25) is 0 Å². The highest BCUT2D eigenvalue weighted by Crippen LogP contribution is 2.31. The summed E-state index contributed by atoms with van der Waals surface area (Å²) in [7, 11) is 0. The predicted molar refractivity (Wildman–Crippen MR) is 81.4 cm³/mol. The van der Waals surface area contributed by atoms with Crippen molar-refractivity contribution >= 4 is 0 Å². The molecule has 2 heteroatoms. The lowest BCUT2D eigenvalue weighted by Gasteiger charge is -2.09. The number of ether oxygens (including phenoxy) is 1. The van der Waals surface area contributed by atoms with Crippen LogP contribution in [-0.4, -0.2) is 23.4 Å². The van der Waals surface area contributed by atoms with Gasteiger partial charge in [-0.05, 0) is 25.7 Å². The Hall–Kier alpha value is -0.0800. The summed E-state index contributed by atoms with van der Waals surface area (Å²) in [6, 6.07) is 0. The van der Waals surface area contributed by atoms with Gasteiger partial charge in [0.15, 0.2) is 0 Å². The first-order valence-electron chi connectivity index (χ1n) is 8.61. The van der Waals surface area contributed by atoms with Gasteiger partial charge in [-0.3, -0.25) is 0 Å². The molecule has 0 amide bonds. The highest BCUT2D eigenvalue weighted by atomic mass is 16.6. The minimum atomic E-state index is -0.0953. The van der Waals surface area contributed by atoms with Gasteiger partial charge in [-0.2, -0.15) is 0 Å². The monoisotopic (exact) mass is 270 g/mol. The minimum Gasteiger partial charge on any atom is -0.393 e. The fraction of sp³-hybridized carbons (Fsp3) is 1.00. The van der Waals surface area contributed by atoms with E-state index in [-0.39, 0.29) is 6.10 Å². The van der Waals surface area contributed by atoms with Crippen molar-refractivity contribution in [1.82, 2.24) is 0 Å². The summed E-state index contributed by atoms with van der Waals surface area (Å²) in [5, 5.41) is 9.93. The quantitative estimate of drug-likeness (QED) is 0.384. The molecule has 1 heterocycles. The second-order valence-corrected chi connectivity index (χ2v) is 6.14. The molecule has 0 bridgehead atoms. The van der Waals surface area contributed by atoms with E-state index in [1.807, 2.05) is 0 Å². The molecule has 1 saturated heterocycles. The maximum atomic E-state index is 9.93. The second kappa shape index (κ2) is 10.7. The van der Waals surface area contributed by atoms with E-state index < -0.39 is 0 Å². The Morgan fingerprint density at radius 1 is 0.789 bits per heavy atom. The van der Waals surface area contributed by atoms with E-state index in [2.05, 4.69) is 13.8 Å². The van der Waals surface area contributed by atoms with E-state index >= 15 is 0 Å². The Labute approximate surface area is 119 Å². The van der Waals surface area contributed by atoms with Crippen molar-refractivity contribution in [3.63, 3.8) is 0 Å². The third-order valence-corrected chi connectivity index (χ3v) is 4.21. The smallest absolute Gasteiger partial charge is 0.0842 e. The first-order valence-corrected chi connectivity index (χ1v) is 8.61. The van der Waals surface area contributed by atoms with E-state index in [1.54, 1.807) is 0 Å². The third-order valence-electron chi connectivity index (χ3n) is 4.21. The first-order chi connectivity index (χ1) is 9.27. The molecule has 2 nitrogen and oxygen atoms in total. The van der Waals surface area contributed by atoms with Gasteiger partial charge in [-0.15, -0.1) is 0 Å². The number of epoxide rings is 1. The molecule has 0 spiro atoms. The van der Waals surface area contributed by atoms with Gasteiger partial charge in [0.05, 0.1) is 18.3 Å². The molecule has 0 aromatic heterocycles. The molecule has 0 saturated carbocycles. The van der Waals surface area contributed by atoms with E-state index in [9.17, 15) is 5.11 Å². The van der Waals surface area contributed by atoms with Crippen molar-refractivity contribution in [1.29, 1.82) is 0 Å². The zero-order chi connectivity index (χ0) is 13.9. The normalized spacial score (nSPS) is 23.5. The van der Waals surface area contributed by atoms with Gasteiger partial charge in [-0.1, -0.05) is 65.2 Å². The van der Waals surface area contributed by atoms with Gasteiger partial charge in [-0.25, -0.2) is 0 Å². The summed E-state index contributed by atoms with van der Waals surface area (Å²) < 4.78 is 5.66. The SMILES string of the molecule is CCCCCCCC(O)CCC1OC1CCCCC. The van der Waals surface area contributed by atoms with Crippen LogP contribution in [0.4, 0.5) is 0 Å². The van der Waals surface area contributed by atoms with E-state index in [1.165, 1.54) is 57.8 Å². The van der Waals surface area contributed by atoms with Gasteiger partial charge in [0.1, 0.15) is 0 Å². The van der Waals surface area contributed by atoms with Crippen LogP contribution in [0.25, 0.3) is 0 Å². The van der Waals surface area contributed by atoms with E-state index in [4.69, 9.17) is 4.74 Å². The molecule has 19 heavy (non-hydrogen) atoms. The lowest BCUT2D eigenvalue weighted by molar-refractivity contribution is 0.144. The second-order valence-electron chi connectivity index (χ2n) is 6.14. The van der Waals surface area contributed by atoms with Crippen LogP contribution in [0.1, 0.15) is 90.9 Å². The summed E-state index contributed by atoms with van der Waals surface area (Å²) in [5.74, 6) is 0. The first kappa shape index (κ1) is 17.0. The van der Waals surface area contributed by atoms with Crippen LogP contribution >= 0.6 is 0 Å². The van der Waals surface area contributed by atoms with Gasteiger partial charge in [0.25, 0.3) is 0 Å². The van der Waals surface area contributed by atoms with Gasteiger partial charge in [0, 0.05) is 0 Å². The zero-order valence-corrected chi connectivity index (χ0v) is 13.1. The summed E-state index contributed by atoms with van der Waals surface area (Å²) in [6.07, 6.45) is 15.4. The van der Waals surface area contributed by atoms with Crippen molar-refractivity contribution in [3.8, 4) is 0 Å². The van der Waals surface area contributed by atoms with Gasteiger partial charge < -0.3 is 9.84 Å². The Morgan fingerprint density at radius 3 is 2.16 bits per heavy atom. The van der Waals surface area contributed by atoms with Crippen molar-refractivity contribution in [3.05, 3.63) is 0 Å². The zero-order valence-electron chi connectivity index (χ0n) is 13.1. The number of rotatable bonds is 13. The van der Waals surface area contributed by atoms with Crippen LogP contribution in [0.5, 0.6) is 0 Å². The molecule has 1 aliphatic rings. The highest BCUT2D eigenvalue weighted by Gasteiger charge is 2.37. The van der Waals surface area contributed by atoms with Crippen LogP contribution in [0.3, 0.4) is 0 Å². The molecule has 1 rings (SSSR count). The molecule has 0 aromatic carbocycles. The molecule has 3 atom stereocenters. The van der Waals surface area contributed by atoms with Crippen LogP contribution in [-0.2, 0) is 4.74 Å². The van der Waals surface area contributed by atoms with Crippen molar-refractivity contribution in [2.75, 3.05) is 0 Å². The largest absolute Gasteiger partial charge is 0.393 e. The maximum absolute atomic E-state index is 9.93. The topological polar surface area (TPSA) is 32.8 Å². The Balaban J connectivity index is 1.87. The van der Waals surface area contributed by atoms with Crippen LogP contribution in [0.15, 0.2) is 0 Å². The lowest BCUT2D eigenvalue weighted by Crippen LogP contribution is -2.08. The molecule has 1 N–H and O–H groups in total. The number of unbranched alkanes of at least 4 members (excludes halogenated alkanes) is 6. The number of hydrogen-bond acceptors (Lipinski definition) is 2. The number of aliphatic hydroxyl groups excluding tert-OH is 1. The fourth-order valence-electron chi connectivity index (χ4n) is 2.77. The lowest BCUT2D eigenvalue weighted by atomic mass is 10.0. The Morgan fingerprint density at radius 2 is 1.42 bits per heavy atom. The Kier molecular flexibility index (Phi) is 9.54. The average molecular weight is 270 g/mol. The molecular weight excluding hydrogens is 236 g/mol. The molecule has 0 aromatic rings. The molecule has 0 aliphatic carbocycles. The number of aliphatic hydroxyl groups is 1. The van der Waals surface area contributed by atoms with Crippen molar-refractivity contribution in [2.45, 2.75) is 109 Å².